The van der Waals surface area contributed by atoms with E-state index in [0.717, 1.165) is 109 Å². The Bertz CT molecular complexity index is 745. The van der Waals surface area contributed by atoms with Gasteiger partial charge in [-0.3, -0.25) is 4.79 Å². The molecule has 5 aliphatic heterocycles. The number of nitrogens with zero attached hydrogens (tertiary/aromatic N) is 9. The molecule has 0 bridgehead atoms. The van der Waals surface area contributed by atoms with Crippen LogP contribution in [0.2, 0.25) is 0 Å². The highest BCUT2D eigenvalue weighted by molar-refractivity contribution is 5.84. The van der Waals surface area contributed by atoms with Crippen LogP contribution in [0.4, 0.5) is 0 Å². The number of hydrogen-bond donors (Lipinski definition) is 3. The molecule has 0 spiro atoms. The lowest BCUT2D eigenvalue weighted by Gasteiger charge is -2.25. The van der Waals surface area contributed by atoms with Crippen LogP contribution in [0.15, 0.2) is 10.3 Å². The number of oxime groups is 1. The van der Waals surface area contributed by atoms with Gasteiger partial charge in [0, 0.05) is 81.9 Å². The van der Waals surface area contributed by atoms with Gasteiger partial charge < -0.3 is 40.5 Å². The molecule has 0 aromatic carbocycles. The van der Waals surface area contributed by atoms with Gasteiger partial charge in [-0.15, -0.1) is 0 Å². The van der Waals surface area contributed by atoms with Crippen molar-refractivity contribution in [2.24, 2.45) is 16.0 Å². The highest BCUT2D eigenvalue weighted by Crippen LogP contribution is 2.11. The first-order valence-corrected chi connectivity index (χ1v) is 17.1. The van der Waals surface area contributed by atoms with Crippen molar-refractivity contribution in [3.63, 3.8) is 0 Å². The maximum Gasteiger partial charge on any atom is 0.135 e. The second kappa shape index (κ2) is 38.4. The summed E-state index contributed by atoms with van der Waals surface area (Å²) in [4.78, 5) is 24.6. The van der Waals surface area contributed by atoms with Crippen molar-refractivity contribution in [2.45, 2.75) is 133 Å². The molecule has 0 radical (unpaired) electrons. The Balaban J connectivity index is -0.000000117. The van der Waals surface area contributed by atoms with Gasteiger partial charge >= 0.3 is 0 Å². The topological polar surface area (TPSA) is 161 Å². The van der Waals surface area contributed by atoms with E-state index in [1.165, 1.54) is 25.9 Å². The van der Waals surface area contributed by atoms with Crippen molar-refractivity contribution < 1.29 is 15.1 Å². The number of likely N-dealkylation sites (tertiary alicyclic amines) is 5. The van der Waals surface area contributed by atoms with E-state index < -0.39 is 0 Å². The Morgan fingerprint density at radius 1 is 0.620 bits per heavy atom. The van der Waals surface area contributed by atoms with Crippen LogP contribution in [-0.4, -0.2) is 165 Å². The molecule has 5 rings (SSSR count). The molecule has 5 heterocycles. The van der Waals surface area contributed by atoms with Gasteiger partial charge in [-0.05, 0) is 105 Å². The summed E-state index contributed by atoms with van der Waals surface area (Å²) in [5, 5.41) is 24.2. The summed E-state index contributed by atoms with van der Waals surface area (Å²) >= 11 is 0. The molecule has 5 aliphatic rings. The predicted octanol–water partition coefficient (Wildman–Crippen LogP) is 6.53. The average Bonchev–Trinajstić information content (AvgIpc) is 3.05. The summed E-state index contributed by atoms with van der Waals surface area (Å²) in [5.74, 6) is 0.420. The third-order valence-corrected chi connectivity index (χ3v) is 8.60. The van der Waals surface area contributed by atoms with Crippen molar-refractivity contribution in [2.75, 3.05) is 101 Å². The fourth-order valence-electron chi connectivity index (χ4n) is 5.05. The Kier molecular flexibility index (Phi) is 46.3. The smallest absolute Gasteiger partial charge is 0.135 e. The standard InChI is InChI=1S/C6H12N4.C6H12N2O.C6H14N2.C6H13NO.C6H11NO.C2H6.5CH4/c1-10-4-2-6(3-5-10)8-9-7;1-8-4-2-6(7-9)3-5-8;1-8-4-2-6(7)3-5-8;2*1-7-4-2-6(8)3-5-7;1-2;;;;;/h6H,2-5H2,1H3;9H,2-5H2,1H3;6H,2-5,7H2,1H3;6,8H,2-5H2,1H3;2-5H2,1H3;1-2H3;5*1H4. The first-order valence-electron chi connectivity index (χ1n) is 17.1. The summed E-state index contributed by atoms with van der Waals surface area (Å²) in [6, 6.07) is 0.729. The molecule has 0 aliphatic carbocycles. The van der Waals surface area contributed by atoms with Gasteiger partial charge in [0.25, 0.3) is 0 Å². The zero-order chi connectivity index (χ0) is 34.0. The normalized spacial score (nSPS) is 20.7. The van der Waals surface area contributed by atoms with E-state index in [9.17, 15) is 4.79 Å². The summed E-state index contributed by atoms with van der Waals surface area (Å²) in [6.07, 6.45) is 9.64. The number of aliphatic hydroxyl groups excluding tert-OH is 1. The van der Waals surface area contributed by atoms with Crippen LogP contribution in [0.3, 0.4) is 0 Å². The monoisotopic (exact) mass is 721 g/mol. The van der Waals surface area contributed by atoms with Crippen LogP contribution in [0.5, 0.6) is 0 Å². The molecule has 0 aromatic heterocycles. The van der Waals surface area contributed by atoms with Crippen LogP contribution >= 0.6 is 0 Å². The minimum atomic E-state index is -0.0220. The van der Waals surface area contributed by atoms with Crippen molar-refractivity contribution in [3.8, 4) is 0 Å². The average molecular weight is 721 g/mol. The number of carbonyl (C=O) groups excluding carboxylic acids is 1. The molecule has 4 N–H and O–H groups in total. The summed E-state index contributed by atoms with van der Waals surface area (Å²) in [5.41, 5.74) is 14.7. The van der Waals surface area contributed by atoms with Crippen LogP contribution in [0.25, 0.3) is 10.4 Å². The lowest BCUT2D eigenvalue weighted by Crippen LogP contribution is -2.37. The first-order chi connectivity index (χ1) is 21.5. The molecular formula is C37H88N10O3. The third kappa shape index (κ3) is 33.3. The maximum atomic E-state index is 10.6. The summed E-state index contributed by atoms with van der Waals surface area (Å²) in [7, 11) is 10.4. The van der Waals surface area contributed by atoms with E-state index in [1.54, 1.807) is 0 Å². The molecule has 13 heteroatoms. The minimum Gasteiger partial charge on any atom is -0.411 e. The summed E-state index contributed by atoms with van der Waals surface area (Å²) in [6.45, 7) is 14.6. The molecule has 50 heavy (non-hydrogen) atoms. The molecule has 5 saturated heterocycles. The lowest BCUT2D eigenvalue weighted by atomic mass is 10.1. The molecule has 0 aromatic rings. The molecule has 0 amide bonds. The lowest BCUT2D eigenvalue weighted by molar-refractivity contribution is -0.121. The van der Waals surface area contributed by atoms with E-state index in [1.807, 2.05) is 20.9 Å². The SMILES string of the molecule is C.C.C.C.C.CC.CN1CCC(=NO)CC1.CN1CCC(=O)CC1.CN1CCC(N)CC1.CN1CCC(N=[N+]=[N-])CC1.CN1CCC(O)CC1. The van der Waals surface area contributed by atoms with Gasteiger partial charge in [-0.1, -0.05) is 61.3 Å². The zero-order valence-electron chi connectivity index (χ0n) is 29.8. The van der Waals surface area contributed by atoms with Crippen LogP contribution in [0, 0.1) is 0 Å². The molecule has 0 atom stereocenters. The Morgan fingerprint density at radius 2 is 0.940 bits per heavy atom. The molecule has 5 fully saturated rings. The molecule has 0 saturated carbocycles. The second-order valence-electron chi connectivity index (χ2n) is 12.7. The number of rotatable bonds is 1. The first kappa shape index (κ1) is 60.3. The van der Waals surface area contributed by atoms with Gasteiger partial charge in [0.15, 0.2) is 0 Å². The van der Waals surface area contributed by atoms with Crippen molar-refractivity contribution in [1.29, 1.82) is 0 Å². The van der Waals surface area contributed by atoms with Gasteiger partial charge in [-0.2, -0.15) is 0 Å². The Hall–Kier alpha value is -1.83. The zero-order valence-corrected chi connectivity index (χ0v) is 29.8. The number of nitrogens with two attached hydrogens (primary N) is 1. The number of carbonyl (C=O) groups is 1. The third-order valence-electron chi connectivity index (χ3n) is 8.60. The number of aliphatic hydroxyl groups is 1. The van der Waals surface area contributed by atoms with Gasteiger partial charge in [0.1, 0.15) is 5.78 Å². The highest BCUT2D eigenvalue weighted by Gasteiger charge is 2.15. The summed E-state index contributed by atoms with van der Waals surface area (Å²) < 4.78 is 0. The van der Waals surface area contributed by atoms with Crippen molar-refractivity contribution in [1.82, 2.24) is 24.5 Å². The molecular weight excluding hydrogens is 632 g/mol. The van der Waals surface area contributed by atoms with E-state index in [2.05, 4.69) is 67.9 Å². The fourth-order valence-corrected chi connectivity index (χ4v) is 5.05. The Labute approximate surface area is 311 Å². The van der Waals surface area contributed by atoms with Gasteiger partial charge in [0.05, 0.1) is 11.8 Å². The van der Waals surface area contributed by atoms with Crippen LogP contribution in [0.1, 0.15) is 115 Å². The van der Waals surface area contributed by atoms with E-state index in [-0.39, 0.29) is 49.3 Å². The maximum absolute atomic E-state index is 10.6. The molecule has 304 valence electrons. The number of ketones is 1. The second-order valence-corrected chi connectivity index (χ2v) is 12.7. The fraction of sp³-hybridized carbons (Fsp3) is 0.946. The number of hydrogen-bond acceptors (Lipinski definition) is 11. The van der Waals surface area contributed by atoms with Gasteiger partial charge in [-0.25, -0.2) is 0 Å². The molecule has 0 unspecified atom stereocenters. The van der Waals surface area contributed by atoms with Crippen molar-refractivity contribution >= 4 is 11.5 Å². The number of Topliss-reactive ketones (excluding diaryl/α,β-unsaturated/α-hetero) is 1. The number of piperidine rings is 5. The molecule has 13 nitrogen and oxygen atoms in total. The van der Waals surface area contributed by atoms with E-state index >= 15 is 0 Å². The number of azide groups is 1. The largest absolute Gasteiger partial charge is 0.411 e. The van der Waals surface area contributed by atoms with Crippen LogP contribution < -0.4 is 5.73 Å². The quantitative estimate of drug-likeness (QED) is 0.0899. The minimum absolute atomic E-state index is 0. The van der Waals surface area contributed by atoms with Gasteiger partial charge in [0.2, 0.25) is 0 Å². The predicted molar refractivity (Wildman–Crippen MR) is 220 cm³/mol. The van der Waals surface area contributed by atoms with Crippen LogP contribution in [-0.2, 0) is 4.79 Å². The highest BCUT2D eigenvalue weighted by atomic mass is 16.4. The van der Waals surface area contributed by atoms with Crippen molar-refractivity contribution in [3.05, 3.63) is 10.4 Å². The van der Waals surface area contributed by atoms with E-state index in [4.69, 9.17) is 21.6 Å². The Morgan fingerprint density at radius 3 is 1.24 bits per heavy atom. The van der Waals surface area contributed by atoms with E-state index in [0.29, 0.717) is 11.8 Å².